The van der Waals surface area contributed by atoms with Crippen molar-refractivity contribution in [2.75, 3.05) is 25.4 Å². The molecule has 0 saturated carbocycles. The van der Waals surface area contributed by atoms with Gasteiger partial charge in [-0.1, -0.05) is 6.92 Å². The van der Waals surface area contributed by atoms with Crippen LogP contribution in [0.3, 0.4) is 0 Å². The van der Waals surface area contributed by atoms with Crippen LogP contribution in [-0.4, -0.2) is 56.6 Å². The minimum Gasteiger partial charge on any atom is -0.369 e. The van der Waals surface area contributed by atoms with Gasteiger partial charge in [0.25, 0.3) is 0 Å². The molecule has 5 N–H and O–H groups in total. The fourth-order valence-electron chi connectivity index (χ4n) is 2.32. The Balaban J connectivity index is 2.28. The van der Waals surface area contributed by atoms with E-state index >= 15 is 0 Å². The van der Waals surface area contributed by atoms with E-state index in [9.17, 15) is 13.2 Å². The van der Waals surface area contributed by atoms with Crippen LogP contribution in [0.4, 0.5) is 0 Å². The first-order valence-corrected chi connectivity index (χ1v) is 9.35. The van der Waals surface area contributed by atoms with Crippen LogP contribution < -0.4 is 16.2 Å². The number of amides is 1. The number of nitrogens with one attached hydrogen (secondary N) is 1. The maximum Gasteiger partial charge on any atom is 0.239 e. The molecule has 128 valence electrons. The minimum absolute atomic E-state index is 0.0123. The third-order valence-electron chi connectivity index (χ3n) is 3.42. The highest BCUT2D eigenvalue weighted by molar-refractivity contribution is 7.90. The molecule has 0 spiro atoms. The average molecular weight is 333 g/mol. The molecular weight excluding hydrogens is 306 g/mol. The van der Waals surface area contributed by atoms with Crippen molar-refractivity contribution in [1.29, 1.82) is 0 Å². The standard InChI is InChI=1S/C13H27N5O3S/c1-2-10-22(20,21)17-13(15)16-7-5-6-11(14)12(19)18-8-3-4-9-18/h11H,2-10,14H2,1H3,(H3,15,16,17)/t11-/m0/s1. The van der Waals surface area contributed by atoms with E-state index in [-0.39, 0.29) is 17.6 Å². The van der Waals surface area contributed by atoms with Gasteiger partial charge < -0.3 is 16.4 Å². The maximum atomic E-state index is 12.0. The molecule has 1 saturated heterocycles. The Morgan fingerprint density at radius 2 is 2.00 bits per heavy atom. The van der Waals surface area contributed by atoms with Crippen LogP contribution in [0.15, 0.2) is 4.99 Å². The van der Waals surface area contributed by atoms with Crippen LogP contribution in [0.1, 0.15) is 39.0 Å². The summed E-state index contributed by atoms with van der Waals surface area (Å²) in [5, 5.41) is 0. The van der Waals surface area contributed by atoms with Gasteiger partial charge in [-0.15, -0.1) is 0 Å². The van der Waals surface area contributed by atoms with Gasteiger partial charge in [-0.05, 0) is 32.1 Å². The van der Waals surface area contributed by atoms with Gasteiger partial charge in [0.05, 0.1) is 11.8 Å². The first-order valence-electron chi connectivity index (χ1n) is 7.70. The summed E-state index contributed by atoms with van der Waals surface area (Å²) in [7, 11) is -3.40. The van der Waals surface area contributed by atoms with Crippen molar-refractivity contribution in [3.05, 3.63) is 0 Å². The highest BCUT2D eigenvalue weighted by Crippen LogP contribution is 2.10. The zero-order valence-corrected chi connectivity index (χ0v) is 13.9. The van der Waals surface area contributed by atoms with E-state index in [1.54, 1.807) is 11.8 Å². The molecule has 0 aliphatic carbocycles. The Morgan fingerprint density at radius 1 is 1.36 bits per heavy atom. The number of guanidine groups is 1. The lowest BCUT2D eigenvalue weighted by Crippen LogP contribution is -2.42. The Hall–Kier alpha value is -1.35. The third-order valence-corrected chi connectivity index (χ3v) is 4.89. The van der Waals surface area contributed by atoms with Gasteiger partial charge in [0.15, 0.2) is 0 Å². The summed E-state index contributed by atoms with van der Waals surface area (Å²) in [6, 6.07) is -0.522. The monoisotopic (exact) mass is 333 g/mol. The van der Waals surface area contributed by atoms with Crippen molar-refractivity contribution < 1.29 is 13.2 Å². The summed E-state index contributed by atoms with van der Waals surface area (Å²) in [6.45, 7) is 3.68. The molecule has 1 fully saturated rings. The predicted octanol–water partition coefficient (Wildman–Crippen LogP) is -0.640. The number of hydrogen-bond acceptors (Lipinski definition) is 5. The van der Waals surface area contributed by atoms with Gasteiger partial charge in [-0.25, -0.2) is 8.42 Å². The second kappa shape index (κ2) is 8.94. The molecule has 1 heterocycles. The summed E-state index contributed by atoms with van der Waals surface area (Å²) in [4.78, 5) is 17.7. The molecule has 1 aliphatic rings. The van der Waals surface area contributed by atoms with Crippen molar-refractivity contribution in [2.45, 2.75) is 45.1 Å². The van der Waals surface area contributed by atoms with Crippen LogP contribution in [0.2, 0.25) is 0 Å². The van der Waals surface area contributed by atoms with E-state index in [2.05, 4.69) is 9.71 Å². The molecule has 1 rings (SSSR count). The van der Waals surface area contributed by atoms with Crippen LogP contribution >= 0.6 is 0 Å². The summed E-state index contributed by atoms with van der Waals surface area (Å²) in [5.74, 6) is -0.121. The smallest absolute Gasteiger partial charge is 0.239 e. The second-order valence-corrected chi connectivity index (χ2v) is 7.31. The van der Waals surface area contributed by atoms with E-state index < -0.39 is 16.1 Å². The number of nitrogens with two attached hydrogens (primary N) is 2. The van der Waals surface area contributed by atoms with Crippen LogP contribution in [0, 0.1) is 0 Å². The summed E-state index contributed by atoms with van der Waals surface area (Å²) in [6.07, 6.45) is 3.68. The lowest BCUT2D eigenvalue weighted by atomic mass is 10.1. The number of carbonyl (C=O) groups excluding carboxylic acids is 1. The molecule has 0 aromatic heterocycles. The zero-order chi connectivity index (χ0) is 16.6. The van der Waals surface area contributed by atoms with Crippen molar-refractivity contribution in [3.63, 3.8) is 0 Å². The summed E-state index contributed by atoms with van der Waals surface area (Å²) in [5.41, 5.74) is 11.4. The van der Waals surface area contributed by atoms with Gasteiger partial charge in [-0.2, -0.15) is 0 Å². The summed E-state index contributed by atoms with van der Waals surface area (Å²) >= 11 is 0. The van der Waals surface area contributed by atoms with Gasteiger partial charge in [0.1, 0.15) is 0 Å². The number of rotatable bonds is 8. The third kappa shape index (κ3) is 6.61. The fourth-order valence-corrected chi connectivity index (χ4v) is 3.34. The lowest BCUT2D eigenvalue weighted by Gasteiger charge is -2.19. The molecule has 22 heavy (non-hydrogen) atoms. The molecule has 1 atom stereocenters. The highest BCUT2D eigenvalue weighted by atomic mass is 32.2. The largest absolute Gasteiger partial charge is 0.369 e. The van der Waals surface area contributed by atoms with Gasteiger partial charge in [0, 0.05) is 19.6 Å². The Labute approximate surface area is 132 Å². The van der Waals surface area contributed by atoms with Crippen LogP contribution in [0.25, 0.3) is 0 Å². The highest BCUT2D eigenvalue weighted by Gasteiger charge is 2.23. The van der Waals surface area contributed by atoms with Crippen LogP contribution in [-0.2, 0) is 14.8 Å². The van der Waals surface area contributed by atoms with Crippen LogP contribution in [0.5, 0.6) is 0 Å². The topological polar surface area (TPSA) is 131 Å². The zero-order valence-electron chi connectivity index (χ0n) is 13.1. The molecule has 8 nitrogen and oxygen atoms in total. The second-order valence-electron chi connectivity index (χ2n) is 5.47. The molecule has 0 unspecified atom stereocenters. The van der Waals surface area contributed by atoms with Crippen molar-refractivity contribution >= 4 is 21.9 Å². The van der Waals surface area contributed by atoms with Crippen molar-refractivity contribution in [2.24, 2.45) is 16.5 Å². The van der Waals surface area contributed by atoms with E-state index in [1.807, 2.05) is 0 Å². The Bertz CT molecular complexity index is 486. The van der Waals surface area contributed by atoms with Crippen molar-refractivity contribution in [1.82, 2.24) is 9.62 Å². The SMILES string of the molecule is CCCS(=O)(=O)NC(N)=NCCC[C@H](N)C(=O)N1CCCC1. The van der Waals surface area contributed by atoms with E-state index in [1.165, 1.54) is 0 Å². The normalized spacial score (nSPS) is 17.5. The Morgan fingerprint density at radius 3 is 2.59 bits per heavy atom. The average Bonchev–Trinajstić information content (AvgIpc) is 2.95. The molecule has 0 aromatic carbocycles. The molecule has 9 heteroatoms. The number of sulfonamides is 1. The molecule has 1 amide bonds. The number of hydrogen-bond donors (Lipinski definition) is 3. The van der Waals surface area contributed by atoms with Gasteiger partial charge in [-0.3, -0.25) is 14.5 Å². The molecule has 0 aromatic rings. The van der Waals surface area contributed by atoms with E-state index in [0.717, 1.165) is 25.9 Å². The molecule has 0 radical (unpaired) electrons. The lowest BCUT2D eigenvalue weighted by molar-refractivity contribution is -0.131. The molecular formula is C13H27N5O3S. The maximum absolute atomic E-state index is 12.0. The number of carbonyl (C=O) groups is 1. The Kier molecular flexibility index (Phi) is 7.60. The predicted molar refractivity (Wildman–Crippen MR) is 86.7 cm³/mol. The summed E-state index contributed by atoms with van der Waals surface area (Å²) < 4.78 is 25.2. The van der Waals surface area contributed by atoms with Gasteiger partial charge in [0.2, 0.25) is 21.9 Å². The van der Waals surface area contributed by atoms with E-state index in [4.69, 9.17) is 11.5 Å². The quantitative estimate of drug-likeness (QED) is 0.309. The number of nitrogens with zero attached hydrogens (tertiary/aromatic N) is 2. The first-order chi connectivity index (χ1) is 10.4. The number of likely N-dealkylation sites (tertiary alicyclic amines) is 1. The van der Waals surface area contributed by atoms with E-state index in [0.29, 0.717) is 25.8 Å². The minimum atomic E-state index is -3.40. The van der Waals surface area contributed by atoms with Gasteiger partial charge >= 0.3 is 0 Å². The first kappa shape index (κ1) is 18.7. The molecule has 1 aliphatic heterocycles. The fraction of sp³-hybridized carbons (Fsp3) is 0.846. The van der Waals surface area contributed by atoms with Crippen molar-refractivity contribution in [3.8, 4) is 0 Å². The molecule has 0 bridgehead atoms. The number of aliphatic imine (C=N–C) groups is 1.